The smallest absolute Gasteiger partial charge is 0.411 e. The van der Waals surface area contributed by atoms with Gasteiger partial charge in [0.1, 0.15) is 0 Å². The second-order valence-corrected chi connectivity index (χ2v) is 6.47. The normalized spacial score (nSPS) is 13.3. The highest BCUT2D eigenvalue weighted by Gasteiger charge is 2.29. The van der Waals surface area contributed by atoms with E-state index < -0.39 is 6.09 Å². The summed E-state index contributed by atoms with van der Waals surface area (Å²) in [6, 6.07) is 14.0. The van der Waals surface area contributed by atoms with Gasteiger partial charge < -0.3 is 4.74 Å². The third kappa shape index (κ3) is 3.25. The van der Waals surface area contributed by atoms with E-state index >= 15 is 0 Å². The first-order chi connectivity index (χ1) is 13.6. The van der Waals surface area contributed by atoms with Gasteiger partial charge in [0.2, 0.25) is 0 Å². The van der Waals surface area contributed by atoms with Crippen molar-refractivity contribution in [3.05, 3.63) is 70.5 Å². The Bertz CT molecular complexity index is 1090. The summed E-state index contributed by atoms with van der Waals surface area (Å²) in [5, 5.41) is 14.9. The minimum Gasteiger partial charge on any atom is -0.453 e. The number of benzene rings is 2. The number of Topliss-reactive ketones (excluding diaryl/α,β-unsaturated/α-hetero) is 1. The predicted molar refractivity (Wildman–Crippen MR) is 103 cm³/mol. The van der Waals surface area contributed by atoms with E-state index in [0.29, 0.717) is 33.4 Å². The van der Waals surface area contributed by atoms with Crippen molar-refractivity contribution in [2.24, 2.45) is 0 Å². The van der Waals surface area contributed by atoms with E-state index in [0.717, 1.165) is 5.56 Å². The Balaban J connectivity index is 1.85. The molecule has 140 valence electrons. The van der Waals surface area contributed by atoms with Crippen molar-refractivity contribution in [3.63, 3.8) is 0 Å². The van der Waals surface area contributed by atoms with Gasteiger partial charge in [0.15, 0.2) is 11.6 Å². The summed E-state index contributed by atoms with van der Waals surface area (Å²) in [7, 11) is 1.29. The van der Waals surface area contributed by atoms with Crippen molar-refractivity contribution in [2.75, 3.05) is 12.4 Å². The van der Waals surface area contributed by atoms with Crippen molar-refractivity contribution in [2.45, 2.75) is 6.42 Å². The topological polar surface area (TPSA) is 99.0 Å². The van der Waals surface area contributed by atoms with Crippen LogP contribution in [0.15, 0.2) is 48.5 Å². The third-order valence-corrected chi connectivity index (χ3v) is 4.56. The number of rotatable bonds is 3. The lowest BCUT2D eigenvalue weighted by molar-refractivity contribution is -0.113. The van der Waals surface area contributed by atoms with Gasteiger partial charge >= 0.3 is 6.09 Å². The van der Waals surface area contributed by atoms with Gasteiger partial charge in [0, 0.05) is 16.3 Å². The molecule has 0 saturated carbocycles. The number of ether oxygens (including phenoxy) is 1. The monoisotopic (exact) mass is 395 g/mol. The predicted octanol–water partition coefficient (Wildman–Crippen LogP) is 3.05. The number of ketones is 1. The molecular weight excluding hydrogens is 382 g/mol. The maximum absolute atomic E-state index is 12.9. The average molecular weight is 396 g/mol. The molecular formula is C19H14ClN5O3. The zero-order valence-corrected chi connectivity index (χ0v) is 15.5. The molecule has 1 aliphatic rings. The fourth-order valence-electron chi connectivity index (χ4n) is 3.02. The van der Waals surface area contributed by atoms with Gasteiger partial charge in [0.05, 0.1) is 24.8 Å². The number of fused-ring (bicyclic) bond motifs is 1. The molecule has 9 heteroatoms. The Kier molecular flexibility index (Phi) is 4.62. The van der Waals surface area contributed by atoms with E-state index in [4.69, 9.17) is 11.6 Å². The van der Waals surface area contributed by atoms with Crippen LogP contribution in [0.1, 0.15) is 17.0 Å². The molecule has 2 heterocycles. The maximum Gasteiger partial charge on any atom is 0.411 e. The number of amides is 1. The molecule has 0 fully saturated rings. The summed E-state index contributed by atoms with van der Waals surface area (Å²) in [4.78, 5) is 24.3. The molecule has 0 bridgehead atoms. The van der Waals surface area contributed by atoms with E-state index in [1.165, 1.54) is 7.11 Å². The SMILES string of the molecule is COC(=O)Nc1ccc(C2=C(c3ccc(Cl)cc3)n3nnnc3CC2=O)cc1. The molecule has 0 saturated heterocycles. The molecule has 1 aliphatic heterocycles. The number of allylic oxidation sites excluding steroid dienone is 1. The van der Waals surface area contributed by atoms with Gasteiger partial charge in [-0.2, -0.15) is 4.68 Å². The summed E-state index contributed by atoms with van der Waals surface area (Å²) in [5.74, 6) is 0.378. The standard InChI is InChI=1S/C19H14ClN5O3/c1-28-19(27)21-14-8-4-11(5-9-14)17-15(26)10-16-22-23-24-25(16)18(17)12-2-6-13(20)7-3-12/h2-9H,10H2,1H3,(H,21,27). The van der Waals surface area contributed by atoms with Gasteiger partial charge in [-0.15, -0.1) is 5.10 Å². The minimum absolute atomic E-state index is 0.0964. The van der Waals surface area contributed by atoms with Crippen LogP contribution in [0.3, 0.4) is 0 Å². The lowest BCUT2D eigenvalue weighted by atomic mass is 9.92. The van der Waals surface area contributed by atoms with Crippen LogP contribution in [0.4, 0.5) is 10.5 Å². The number of nitrogens with zero attached hydrogens (tertiary/aromatic N) is 4. The summed E-state index contributed by atoms with van der Waals surface area (Å²) < 4.78 is 6.15. The third-order valence-electron chi connectivity index (χ3n) is 4.30. The number of anilines is 1. The van der Waals surface area contributed by atoms with Gasteiger partial charge in [0.25, 0.3) is 0 Å². The van der Waals surface area contributed by atoms with Crippen LogP contribution in [-0.2, 0) is 16.0 Å². The maximum atomic E-state index is 12.9. The van der Waals surface area contributed by atoms with E-state index in [-0.39, 0.29) is 12.2 Å². The van der Waals surface area contributed by atoms with E-state index in [1.54, 1.807) is 41.1 Å². The number of carbonyl (C=O) groups is 2. The Morgan fingerprint density at radius 2 is 1.79 bits per heavy atom. The number of tetrazole rings is 1. The van der Waals surface area contributed by atoms with Crippen LogP contribution in [-0.4, -0.2) is 39.2 Å². The molecule has 28 heavy (non-hydrogen) atoms. The fourth-order valence-corrected chi connectivity index (χ4v) is 3.15. The summed E-state index contributed by atoms with van der Waals surface area (Å²) >= 11 is 6.01. The zero-order chi connectivity index (χ0) is 19.7. The number of nitrogens with one attached hydrogen (secondary N) is 1. The molecule has 0 spiro atoms. The van der Waals surface area contributed by atoms with E-state index in [1.807, 2.05) is 12.1 Å². The number of carbonyl (C=O) groups excluding carboxylic acids is 2. The van der Waals surface area contributed by atoms with Crippen LogP contribution in [0.2, 0.25) is 5.02 Å². The molecule has 0 unspecified atom stereocenters. The minimum atomic E-state index is -0.569. The molecule has 2 aromatic carbocycles. The molecule has 0 atom stereocenters. The molecule has 3 aromatic rings. The first-order valence-electron chi connectivity index (χ1n) is 8.33. The van der Waals surface area contributed by atoms with E-state index in [9.17, 15) is 9.59 Å². The van der Waals surface area contributed by atoms with Crippen LogP contribution < -0.4 is 5.32 Å². The Labute approximate surface area is 164 Å². The van der Waals surface area contributed by atoms with Gasteiger partial charge in [-0.05, 0) is 40.3 Å². The van der Waals surface area contributed by atoms with Crippen LogP contribution >= 0.6 is 11.6 Å². The number of hydrogen-bond donors (Lipinski definition) is 1. The highest BCUT2D eigenvalue weighted by Crippen LogP contribution is 2.33. The highest BCUT2D eigenvalue weighted by atomic mass is 35.5. The second kappa shape index (κ2) is 7.24. The second-order valence-electron chi connectivity index (χ2n) is 6.03. The summed E-state index contributed by atoms with van der Waals surface area (Å²) in [5.41, 5.74) is 3.08. The first kappa shape index (κ1) is 17.9. The zero-order valence-electron chi connectivity index (χ0n) is 14.7. The van der Waals surface area contributed by atoms with Gasteiger partial charge in [-0.1, -0.05) is 35.9 Å². The lowest BCUT2D eigenvalue weighted by Crippen LogP contribution is -2.21. The van der Waals surface area contributed by atoms with Crippen LogP contribution in [0.5, 0.6) is 0 Å². The molecule has 4 rings (SSSR count). The summed E-state index contributed by atoms with van der Waals surface area (Å²) in [6.45, 7) is 0. The van der Waals surface area contributed by atoms with Crippen molar-refractivity contribution in [1.29, 1.82) is 0 Å². The largest absolute Gasteiger partial charge is 0.453 e. The number of hydrogen-bond acceptors (Lipinski definition) is 6. The fraction of sp³-hybridized carbons (Fsp3) is 0.105. The Hall–Kier alpha value is -3.52. The van der Waals surface area contributed by atoms with E-state index in [2.05, 4.69) is 25.6 Å². The molecule has 8 nitrogen and oxygen atoms in total. The average Bonchev–Trinajstić information content (AvgIpc) is 3.16. The van der Waals surface area contributed by atoms with Crippen molar-refractivity contribution in [1.82, 2.24) is 20.2 Å². The molecule has 1 aromatic heterocycles. The lowest BCUT2D eigenvalue weighted by Gasteiger charge is -2.20. The number of aromatic nitrogens is 4. The van der Waals surface area contributed by atoms with Crippen molar-refractivity contribution in [3.8, 4) is 0 Å². The van der Waals surface area contributed by atoms with Gasteiger partial charge in [-0.25, -0.2) is 4.79 Å². The molecule has 1 N–H and O–H groups in total. The Morgan fingerprint density at radius 1 is 1.11 bits per heavy atom. The van der Waals surface area contributed by atoms with Crippen molar-refractivity contribution < 1.29 is 14.3 Å². The van der Waals surface area contributed by atoms with Crippen molar-refractivity contribution >= 4 is 40.4 Å². The molecule has 0 aliphatic carbocycles. The van der Waals surface area contributed by atoms with Gasteiger partial charge in [-0.3, -0.25) is 10.1 Å². The highest BCUT2D eigenvalue weighted by molar-refractivity contribution is 6.31. The summed E-state index contributed by atoms with van der Waals surface area (Å²) in [6.07, 6.45) is -0.470. The molecule has 0 radical (unpaired) electrons. The quantitative estimate of drug-likeness (QED) is 0.731. The first-order valence-corrected chi connectivity index (χ1v) is 8.71. The molecule has 1 amide bonds. The number of halogens is 1. The van der Waals surface area contributed by atoms with Crippen LogP contribution in [0, 0.1) is 0 Å². The number of methoxy groups -OCH3 is 1. The Morgan fingerprint density at radius 3 is 2.46 bits per heavy atom. The van der Waals surface area contributed by atoms with Crippen LogP contribution in [0.25, 0.3) is 11.3 Å².